The summed E-state index contributed by atoms with van der Waals surface area (Å²) in [5.41, 5.74) is -0.411. The van der Waals surface area contributed by atoms with Crippen LogP contribution in [-0.4, -0.2) is 15.1 Å². The van der Waals surface area contributed by atoms with Crippen molar-refractivity contribution in [1.29, 1.82) is 5.26 Å². The van der Waals surface area contributed by atoms with E-state index in [9.17, 15) is 5.11 Å². The van der Waals surface area contributed by atoms with Crippen LogP contribution >= 0.6 is 0 Å². The second-order valence-electron chi connectivity index (χ2n) is 1.99. The molecule has 0 atom stereocenters. The molecule has 0 bridgehead atoms. The highest BCUT2D eigenvalue weighted by Gasteiger charge is 2.08. The molecule has 0 aromatic carbocycles. The van der Waals surface area contributed by atoms with E-state index in [1.54, 1.807) is 12.1 Å². The van der Waals surface area contributed by atoms with Crippen molar-refractivity contribution in [2.24, 2.45) is 0 Å². The van der Waals surface area contributed by atoms with E-state index < -0.39 is 11.5 Å². The van der Waals surface area contributed by atoms with Crippen LogP contribution in [0.15, 0.2) is 24.2 Å². The quantitative estimate of drug-likeness (QED) is 0.391. The monoisotopic (exact) mass is 172 g/mol. The normalized spacial score (nSPS) is 10.9. The summed E-state index contributed by atoms with van der Waals surface area (Å²) >= 11 is 0. The van der Waals surface area contributed by atoms with Crippen LogP contribution in [0.2, 0.25) is 0 Å². The first kappa shape index (κ1) is 8.69. The minimum absolute atomic E-state index is 0.0185. The summed E-state index contributed by atoms with van der Waals surface area (Å²) < 4.78 is 0. The summed E-state index contributed by atoms with van der Waals surface area (Å²) in [4.78, 5) is 10.2. The van der Waals surface area contributed by atoms with Crippen LogP contribution in [0.5, 0.6) is 0 Å². The van der Waals surface area contributed by atoms with E-state index in [1.807, 2.05) is 0 Å². The van der Waals surface area contributed by atoms with E-state index in [0.717, 1.165) is 0 Å². The molecule has 0 unspecified atom stereocenters. The first-order valence-corrected chi connectivity index (χ1v) is 3.27. The van der Waals surface area contributed by atoms with Gasteiger partial charge in [-0.3, -0.25) is 0 Å². The maximum Gasteiger partial charge on any atom is 0.306 e. The largest absolute Gasteiger partial charge is 0.515 e. The molecule has 1 rings (SSSR count). The number of aliphatic hydroxyl groups excluding tert-OH is 1. The lowest BCUT2D eigenvalue weighted by Gasteiger charge is -1.95. The Morgan fingerprint density at radius 3 is 2.62 bits per heavy atom. The molecule has 0 amide bonds. The Bertz CT molecular complexity index is 394. The highest BCUT2D eigenvalue weighted by molar-refractivity contribution is 5.61. The number of aromatic nitrogens is 2. The Labute approximate surface area is 74.4 Å². The van der Waals surface area contributed by atoms with Crippen molar-refractivity contribution in [3.8, 4) is 6.07 Å². The molecule has 0 saturated carbocycles. The van der Waals surface area contributed by atoms with Crippen molar-refractivity contribution in [3.05, 3.63) is 41.4 Å². The molecule has 0 radical (unpaired) electrons. The number of hydrogen-bond donors (Lipinski definition) is 1. The lowest BCUT2D eigenvalue weighted by molar-refractivity contribution is 0.502. The number of nitriles is 1. The van der Waals surface area contributed by atoms with E-state index in [-0.39, 0.29) is 5.82 Å². The van der Waals surface area contributed by atoms with Crippen molar-refractivity contribution in [2.45, 2.75) is 0 Å². The van der Waals surface area contributed by atoms with E-state index in [2.05, 4.69) is 14.8 Å². The van der Waals surface area contributed by atoms with Gasteiger partial charge in [-0.05, 0) is 6.07 Å². The van der Waals surface area contributed by atoms with Gasteiger partial charge >= 0.3 is 5.70 Å². The molecular formula is C8H4N4O. The molecule has 0 spiro atoms. The molecule has 1 N–H and O–H groups in total. The standard InChI is InChI=1S/C8H4N4O/c1-10-6(5-9)7(13)8-11-3-2-4-12-8/h2-4,13H/b7-6-. The van der Waals surface area contributed by atoms with Crippen LogP contribution in [0.4, 0.5) is 0 Å². The van der Waals surface area contributed by atoms with E-state index in [0.29, 0.717) is 0 Å². The number of rotatable bonds is 1. The first-order valence-electron chi connectivity index (χ1n) is 3.27. The van der Waals surface area contributed by atoms with Gasteiger partial charge in [0.1, 0.15) is 0 Å². The Kier molecular flexibility index (Phi) is 2.57. The van der Waals surface area contributed by atoms with Crippen molar-refractivity contribution >= 4 is 5.76 Å². The Hall–Kier alpha value is -2.40. The van der Waals surface area contributed by atoms with Gasteiger partial charge < -0.3 is 5.11 Å². The van der Waals surface area contributed by atoms with E-state index >= 15 is 0 Å². The predicted molar refractivity (Wildman–Crippen MR) is 43.8 cm³/mol. The third-order valence-electron chi connectivity index (χ3n) is 1.22. The molecule has 5 heteroatoms. The van der Waals surface area contributed by atoms with Gasteiger partial charge in [-0.15, -0.1) is 0 Å². The third-order valence-corrected chi connectivity index (χ3v) is 1.22. The molecule has 0 aliphatic heterocycles. The molecule has 1 aromatic rings. The zero-order chi connectivity index (χ0) is 9.68. The molecule has 1 heterocycles. The van der Waals surface area contributed by atoms with Crippen molar-refractivity contribution in [3.63, 3.8) is 0 Å². The van der Waals surface area contributed by atoms with Gasteiger partial charge in [-0.2, -0.15) is 0 Å². The highest BCUT2D eigenvalue weighted by Crippen LogP contribution is 2.10. The van der Waals surface area contributed by atoms with Crippen molar-refractivity contribution in [2.75, 3.05) is 0 Å². The maximum atomic E-state index is 9.30. The van der Waals surface area contributed by atoms with Crippen LogP contribution in [0, 0.1) is 17.9 Å². The summed E-state index contributed by atoms with van der Waals surface area (Å²) in [6, 6.07) is 3.12. The molecule has 0 aliphatic rings. The summed E-state index contributed by atoms with van der Waals surface area (Å²) in [6.07, 6.45) is 2.83. The molecular weight excluding hydrogens is 168 g/mol. The third kappa shape index (κ3) is 1.79. The van der Waals surface area contributed by atoms with Gasteiger partial charge in [0.15, 0.2) is 11.6 Å². The lowest BCUT2D eigenvalue weighted by atomic mass is 10.3. The summed E-state index contributed by atoms with van der Waals surface area (Å²) in [5, 5.41) is 17.7. The fraction of sp³-hybridized carbons (Fsp3) is 0. The second-order valence-corrected chi connectivity index (χ2v) is 1.99. The molecule has 0 aliphatic carbocycles. The molecule has 62 valence electrons. The van der Waals surface area contributed by atoms with Crippen LogP contribution < -0.4 is 0 Å². The lowest BCUT2D eigenvalue weighted by Crippen LogP contribution is -1.93. The van der Waals surface area contributed by atoms with Crippen molar-refractivity contribution in [1.82, 2.24) is 9.97 Å². The average molecular weight is 172 g/mol. The van der Waals surface area contributed by atoms with Gasteiger partial charge in [0, 0.05) is 12.4 Å². The maximum absolute atomic E-state index is 9.30. The highest BCUT2D eigenvalue weighted by atomic mass is 16.3. The number of nitrogens with zero attached hydrogens (tertiary/aromatic N) is 4. The van der Waals surface area contributed by atoms with E-state index in [4.69, 9.17) is 11.8 Å². The molecule has 13 heavy (non-hydrogen) atoms. The summed E-state index contributed by atoms with van der Waals surface area (Å²) in [6.45, 7) is 6.57. The van der Waals surface area contributed by atoms with Gasteiger partial charge in [0.25, 0.3) is 0 Å². The average Bonchev–Trinajstić information content (AvgIpc) is 2.21. The minimum atomic E-state index is -0.488. The molecule has 5 nitrogen and oxygen atoms in total. The number of hydrogen-bond acceptors (Lipinski definition) is 4. The zero-order valence-electron chi connectivity index (χ0n) is 6.47. The SMILES string of the molecule is [C-]#[N+]/C(C#N)=C(\O)c1ncccn1. The smallest absolute Gasteiger partial charge is 0.306 e. The van der Waals surface area contributed by atoms with Crippen LogP contribution in [0.25, 0.3) is 10.6 Å². The number of allylic oxidation sites excluding steroid dienone is 1. The molecule has 0 fully saturated rings. The Balaban J connectivity index is 3.21. The summed E-state index contributed by atoms with van der Waals surface area (Å²) in [5.74, 6) is -0.506. The minimum Gasteiger partial charge on any atom is -0.515 e. The predicted octanol–water partition coefficient (Wildman–Crippen LogP) is 1.15. The van der Waals surface area contributed by atoms with Gasteiger partial charge in [0.2, 0.25) is 0 Å². The first-order chi connectivity index (χ1) is 6.29. The van der Waals surface area contributed by atoms with Crippen LogP contribution in [0.1, 0.15) is 5.82 Å². The topological polar surface area (TPSA) is 74.2 Å². The van der Waals surface area contributed by atoms with Gasteiger partial charge in [0.05, 0.1) is 12.6 Å². The Morgan fingerprint density at radius 2 is 2.15 bits per heavy atom. The molecule has 1 aromatic heterocycles. The fourth-order valence-electron chi connectivity index (χ4n) is 0.658. The zero-order valence-corrected chi connectivity index (χ0v) is 6.47. The van der Waals surface area contributed by atoms with E-state index in [1.165, 1.54) is 12.4 Å². The second kappa shape index (κ2) is 3.84. The Morgan fingerprint density at radius 1 is 1.54 bits per heavy atom. The van der Waals surface area contributed by atoms with Crippen LogP contribution in [-0.2, 0) is 0 Å². The van der Waals surface area contributed by atoms with Crippen LogP contribution in [0.3, 0.4) is 0 Å². The van der Waals surface area contributed by atoms with Crippen molar-refractivity contribution < 1.29 is 5.11 Å². The van der Waals surface area contributed by atoms with Gasteiger partial charge in [-0.25, -0.2) is 20.1 Å². The number of aliphatic hydroxyl groups is 1. The molecule has 0 saturated heterocycles. The fourth-order valence-corrected chi connectivity index (χ4v) is 0.658. The summed E-state index contributed by atoms with van der Waals surface area (Å²) in [7, 11) is 0. The van der Waals surface area contributed by atoms with Gasteiger partial charge in [-0.1, -0.05) is 0 Å².